The number of nitrogens with zero attached hydrogens (tertiary/aromatic N) is 3. The van der Waals surface area contributed by atoms with Gasteiger partial charge in [-0.05, 0) is 6.92 Å². The summed E-state index contributed by atoms with van der Waals surface area (Å²) in [6, 6.07) is -0.463. The molecule has 0 saturated heterocycles. The van der Waals surface area contributed by atoms with E-state index in [4.69, 9.17) is 21.6 Å². The molecule has 1 atom stereocenters. The Kier molecular flexibility index (Phi) is 3.99. The molecule has 1 heterocycles. The van der Waals surface area contributed by atoms with E-state index in [2.05, 4.69) is 10.2 Å². The Morgan fingerprint density at radius 1 is 1.29 bits per heavy atom. The molecule has 0 aliphatic rings. The average molecular weight is 242 g/mol. The first-order valence-corrected chi connectivity index (χ1v) is 4.80. The molecule has 1 aromatic heterocycles. The van der Waals surface area contributed by atoms with E-state index in [1.807, 2.05) is 0 Å². The third-order valence-corrected chi connectivity index (χ3v) is 1.78. The minimum Gasteiger partial charge on any atom is -0.406 e. The number of carbonyl (C=O) groups is 2. The highest BCUT2D eigenvalue weighted by molar-refractivity contribution is 5.83. The smallest absolute Gasteiger partial charge is 0.319 e. The quantitative estimate of drug-likeness (QED) is 0.514. The SMILES string of the molecule is CC(N)c1nnc(N(CC(N)=O)CC(N)=O)o1. The molecule has 94 valence electrons. The largest absolute Gasteiger partial charge is 0.406 e. The van der Waals surface area contributed by atoms with Gasteiger partial charge in [0.2, 0.25) is 17.7 Å². The van der Waals surface area contributed by atoms with Gasteiger partial charge in [0.15, 0.2) is 0 Å². The summed E-state index contributed by atoms with van der Waals surface area (Å²) in [5.41, 5.74) is 15.6. The van der Waals surface area contributed by atoms with Crippen molar-refractivity contribution in [3.8, 4) is 0 Å². The third kappa shape index (κ3) is 3.72. The van der Waals surface area contributed by atoms with E-state index < -0.39 is 17.9 Å². The zero-order chi connectivity index (χ0) is 13.0. The Bertz CT molecular complexity index is 399. The molecule has 6 N–H and O–H groups in total. The van der Waals surface area contributed by atoms with Crippen molar-refractivity contribution in [3.05, 3.63) is 5.89 Å². The molecular weight excluding hydrogens is 228 g/mol. The van der Waals surface area contributed by atoms with E-state index in [9.17, 15) is 9.59 Å². The highest BCUT2D eigenvalue weighted by Gasteiger charge is 2.19. The first-order chi connectivity index (χ1) is 7.90. The maximum atomic E-state index is 10.8. The van der Waals surface area contributed by atoms with Crippen LogP contribution in [-0.2, 0) is 9.59 Å². The van der Waals surface area contributed by atoms with Crippen LogP contribution in [0, 0.1) is 0 Å². The van der Waals surface area contributed by atoms with E-state index in [1.165, 1.54) is 4.90 Å². The van der Waals surface area contributed by atoms with Gasteiger partial charge in [0.1, 0.15) is 13.1 Å². The van der Waals surface area contributed by atoms with Gasteiger partial charge >= 0.3 is 6.01 Å². The number of primary amides is 2. The second kappa shape index (κ2) is 5.25. The summed E-state index contributed by atoms with van der Waals surface area (Å²) >= 11 is 0. The van der Waals surface area contributed by atoms with Crippen molar-refractivity contribution in [2.75, 3.05) is 18.0 Å². The molecule has 0 spiro atoms. The highest BCUT2D eigenvalue weighted by Crippen LogP contribution is 2.15. The van der Waals surface area contributed by atoms with Gasteiger partial charge in [0.25, 0.3) is 0 Å². The van der Waals surface area contributed by atoms with Crippen LogP contribution in [0.3, 0.4) is 0 Å². The molecule has 1 unspecified atom stereocenters. The number of hydrogen-bond donors (Lipinski definition) is 3. The molecule has 0 saturated carbocycles. The lowest BCUT2D eigenvalue weighted by molar-refractivity contribution is -0.117. The van der Waals surface area contributed by atoms with E-state index in [0.29, 0.717) is 0 Å². The molecule has 0 fully saturated rings. The van der Waals surface area contributed by atoms with Crippen LogP contribution < -0.4 is 22.1 Å². The van der Waals surface area contributed by atoms with E-state index in [0.717, 1.165) is 0 Å². The van der Waals surface area contributed by atoms with Gasteiger partial charge in [-0.3, -0.25) is 9.59 Å². The van der Waals surface area contributed by atoms with Gasteiger partial charge < -0.3 is 26.5 Å². The normalized spacial score (nSPS) is 12.1. The second-order valence-electron chi connectivity index (χ2n) is 3.50. The van der Waals surface area contributed by atoms with Crippen LogP contribution >= 0.6 is 0 Å². The summed E-state index contributed by atoms with van der Waals surface area (Å²) in [5.74, 6) is -1.10. The number of carbonyl (C=O) groups excluding carboxylic acids is 2. The van der Waals surface area contributed by atoms with Crippen molar-refractivity contribution >= 4 is 17.8 Å². The molecule has 17 heavy (non-hydrogen) atoms. The first kappa shape index (κ1) is 12.9. The fourth-order valence-electron chi connectivity index (χ4n) is 1.11. The van der Waals surface area contributed by atoms with Crippen molar-refractivity contribution in [2.45, 2.75) is 13.0 Å². The van der Waals surface area contributed by atoms with Crippen LogP contribution in [0.15, 0.2) is 4.42 Å². The van der Waals surface area contributed by atoms with Crippen LogP contribution in [0.1, 0.15) is 18.9 Å². The van der Waals surface area contributed by atoms with Crippen LogP contribution in [0.5, 0.6) is 0 Å². The Labute approximate surface area is 96.9 Å². The molecule has 0 aromatic carbocycles. The van der Waals surface area contributed by atoms with Crippen molar-refractivity contribution < 1.29 is 14.0 Å². The van der Waals surface area contributed by atoms with Gasteiger partial charge in [-0.25, -0.2) is 0 Å². The fourth-order valence-corrected chi connectivity index (χ4v) is 1.11. The highest BCUT2D eigenvalue weighted by atomic mass is 16.4. The minimum absolute atomic E-state index is 0.0186. The number of amides is 2. The van der Waals surface area contributed by atoms with Gasteiger partial charge in [0, 0.05) is 0 Å². The molecule has 1 aromatic rings. The number of nitrogens with two attached hydrogens (primary N) is 3. The summed E-state index contributed by atoms with van der Waals surface area (Å²) in [4.78, 5) is 22.8. The first-order valence-electron chi connectivity index (χ1n) is 4.80. The molecule has 9 heteroatoms. The maximum Gasteiger partial charge on any atom is 0.319 e. The lowest BCUT2D eigenvalue weighted by atomic mass is 10.4. The van der Waals surface area contributed by atoms with Gasteiger partial charge in [-0.15, -0.1) is 5.10 Å². The molecule has 9 nitrogen and oxygen atoms in total. The molecule has 0 radical (unpaired) electrons. The predicted octanol–water partition coefficient (Wildman–Crippen LogP) is -2.13. The van der Waals surface area contributed by atoms with E-state index >= 15 is 0 Å². The molecule has 1 rings (SSSR count). The summed E-state index contributed by atoms with van der Waals surface area (Å²) in [7, 11) is 0. The zero-order valence-electron chi connectivity index (χ0n) is 9.29. The zero-order valence-corrected chi connectivity index (χ0v) is 9.29. The van der Waals surface area contributed by atoms with Gasteiger partial charge in [-0.2, -0.15) is 0 Å². The van der Waals surface area contributed by atoms with Crippen molar-refractivity contribution in [3.63, 3.8) is 0 Å². The Morgan fingerprint density at radius 3 is 2.18 bits per heavy atom. The fraction of sp³-hybridized carbons (Fsp3) is 0.500. The lowest BCUT2D eigenvalue weighted by Crippen LogP contribution is -2.39. The van der Waals surface area contributed by atoms with Crippen molar-refractivity contribution in [1.29, 1.82) is 0 Å². The number of aromatic nitrogens is 2. The van der Waals surface area contributed by atoms with E-state index in [1.54, 1.807) is 6.92 Å². The Hall–Kier alpha value is -2.16. The molecule has 0 aliphatic heterocycles. The van der Waals surface area contributed by atoms with Gasteiger partial charge in [0.05, 0.1) is 6.04 Å². The number of anilines is 1. The average Bonchev–Trinajstić information content (AvgIpc) is 2.63. The summed E-state index contributed by atoms with van der Waals surface area (Å²) < 4.78 is 5.17. The van der Waals surface area contributed by atoms with E-state index in [-0.39, 0.29) is 25.0 Å². The summed E-state index contributed by atoms with van der Waals surface area (Å²) in [6.45, 7) is 1.16. The minimum atomic E-state index is -0.646. The molecule has 0 bridgehead atoms. The number of rotatable bonds is 6. The predicted molar refractivity (Wildman–Crippen MR) is 57.5 cm³/mol. The van der Waals surface area contributed by atoms with Crippen LogP contribution in [0.25, 0.3) is 0 Å². The maximum absolute atomic E-state index is 10.8. The molecule has 0 aliphatic carbocycles. The van der Waals surface area contributed by atoms with Gasteiger partial charge in [-0.1, -0.05) is 5.10 Å². The number of hydrogen-bond acceptors (Lipinski definition) is 7. The van der Waals surface area contributed by atoms with Crippen molar-refractivity contribution in [2.24, 2.45) is 17.2 Å². The molecular formula is C8H14N6O3. The summed E-state index contributed by atoms with van der Waals surface area (Å²) in [5, 5.41) is 7.32. The topological polar surface area (TPSA) is 154 Å². The van der Waals surface area contributed by atoms with Crippen molar-refractivity contribution in [1.82, 2.24) is 10.2 Å². The van der Waals surface area contributed by atoms with Crippen LogP contribution in [0.2, 0.25) is 0 Å². The monoisotopic (exact) mass is 242 g/mol. The summed E-state index contributed by atoms with van der Waals surface area (Å²) in [6.07, 6.45) is 0. The Balaban J connectivity index is 2.87. The van der Waals surface area contributed by atoms with Crippen LogP contribution in [0.4, 0.5) is 6.01 Å². The molecule has 2 amide bonds. The van der Waals surface area contributed by atoms with Crippen LogP contribution in [-0.4, -0.2) is 35.1 Å². The standard InChI is InChI=1S/C8H14N6O3/c1-4(9)7-12-13-8(17-7)14(2-5(10)15)3-6(11)16/h4H,2-3,9H2,1H3,(H2,10,15)(H2,11,16). The Morgan fingerprint density at radius 2 is 1.82 bits per heavy atom. The second-order valence-corrected chi connectivity index (χ2v) is 3.50. The lowest BCUT2D eigenvalue weighted by Gasteiger charge is -2.15. The third-order valence-electron chi connectivity index (χ3n) is 1.78.